The molecule has 0 bridgehead atoms. The van der Waals surface area contributed by atoms with Crippen molar-refractivity contribution in [3.8, 4) is 11.5 Å². The maximum atomic E-state index is 13.7. The highest BCUT2D eigenvalue weighted by Crippen LogP contribution is 2.31. The van der Waals surface area contributed by atoms with Crippen LogP contribution in [0.5, 0.6) is 11.5 Å². The summed E-state index contributed by atoms with van der Waals surface area (Å²) in [5.41, 5.74) is 7.10. The molecule has 1 amide bonds. The van der Waals surface area contributed by atoms with Crippen molar-refractivity contribution in [3.05, 3.63) is 59.4 Å². The standard InChI is InChI=1S/C30H45FN2O5/c1-20(2)22(15-21-11-12-27(37-6)28(16-21)38-14-8-13-36-5)17-25(32)26(34)19-33-29(35)30(3,4)23-9-7-10-24(31)18-23/h7,9-12,16,18,20,22,25-26,34H,8,13-15,17,19,32H2,1-6H3,(H,33,35)/t22-,25-,26-/m0/s1. The summed E-state index contributed by atoms with van der Waals surface area (Å²) < 4.78 is 30.1. The Morgan fingerprint density at radius 3 is 2.47 bits per heavy atom. The van der Waals surface area contributed by atoms with Crippen LogP contribution in [0.25, 0.3) is 0 Å². The molecule has 0 spiro atoms. The Kier molecular flexibility index (Phi) is 12.5. The van der Waals surface area contributed by atoms with E-state index < -0.39 is 23.4 Å². The first-order valence-corrected chi connectivity index (χ1v) is 13.3. The molecule has 2 aromatic rings. The Balaban J connectivity index is 1.98. The Morgan fingerprint density at radius 2 is 1.84 bits per heavy atom. The molecule has 212 valence electrons. The highest BCUT2D eigenvalue weighted by Gasteiger charge is 2.31. The van der Waals surface area contributed by atoms with Crippen molar-refractivity contribution >= 4 is 5.91 Å². The van der Waals surface area contributed by atoms with Crippen LogP contribution < -0.4 is 20.5 Å². The van der Waals surface area contributed by atoms with Gasteiger partial charge in [0.2, 0.25) is 5.91 Å². The second-order valence-corrected chi connectivity index (χ2v) is 10.7. The van der Waals surface area contributed by atoms with E-state index in [0.717, 1.165) is 18.4 Å². The topological polar surface area (TPSA) is 103 Å². The largest absolute Gasteiger partial charge is 0.493 e. The first kappa shape index (κ1) is 31.5. The van der Waals surface area contributed by atoms with Crippen molar-refractivity contribution in [1.29, 1.82) is 0 Å². The maximum absolute atomic E-state index is 13.7. The van der Waals surface area contributed by atoms with Gasteiger partial charge in [0.1, 0.15) is 5.82 Å². The second-order valence-electron chi connectivity index (χ2n) is 10.7. The molecular weight excluding hydrogens is 487 g/mol. The average molecular weight is 533 g/mol. The second kappa shape index (κ2) is 15.0. The van der Waals surface area contributed by atoms with Crippen LogP contribution in [-0.2, 0) is 21.4 Å². The van der Waals surface area contributed by atoms with Gasteiger partial charge < -0.3 is 30.4 Å². The molecule has 2 aromatic carbocycles. The van der Waals surface area contributed by atoms with E-state index in [-0.39, 0.29) is 18.4 Å². The van der Waals surface area contributed by atoms with E-state index in [9.17, 15) is 14.3 Å². The van der Waals surface area contributed by atoms with Gasteiger partial charge in [0, 0.05) is 32.7 Å². The smallest absolute Gasteiger partial charge is 0.230 e. The van der Waals surface area contributed by atoms with Gasteiger partial charge in [-0.15, -0.1) is 0 Å². The number of carbonyl (C=O) groups excluding carboxylic acids is 1. The van der Waals surface area contributed by atoms with Crippen LogP contribution in [0, 0.1) is 17.7 Å². The molecule has 0 aliphatic heterocycles. The monoisotopic (exact) mass is 532 g/mol. The molecule has 0 saturated heterocycles. The number of benzene rings is 2. The molecule has 2 rings (SSSR count). The first-order valence-electron chi connectivity index (χ1n) is 13.3. The summed E-state index contributed by atoms with van der Waals surface area (Å²) in [5.74, 6) is 1.20. The molecule has 0 aromatic heterocycles. The fourth-order valence-corrected chi connectivity index (χ4v) is 4.32. The zero-order valence-corrected chi connectivity index (χ0v) is 23.6. The minimum absolute atomic E-state index is 0.0194. The van der Waals surface area contributed by atoms with Gasteiger partial charge in [-0.1, -0.05) is 32.0 Å². The third-order valence-electron chi connectivity index (χ3n) is 7.07. The Morgan fingerprint density at radius 1 is 1.11 bits per heavy atom. The van der Waals surface area contributed by atoms with Gasteiger partial charge in [0.05, 0.1) is 25.2 Å². The lowest BCUT2D eigenvalue weighted by atomic mass is 9.82. The number of aliphatic hydroxyl groups is 1. The quantitative estimate of drug-likeness (QED) is 0.280. The number of amides is 1. The molecule has 3 atom stereocenters. The number of rotatable bonds is 16. The maximum Gasteiger partial charge on any atom is 0.230 e. The highest BCUT2D eigenvalue weighted by atomic mass is 19.1. The Labute approximate surface area is 226 Å². The Hall–Kier alpha value is -2.68. The van der Waals surface area contributed by atoms with E-state index in [4.69, 9.17) is 19.9 Å². The van der Waals surface area contributed by atoms with Crippen molar-refractivity contribution in [2.45, 2.75) is 64.5 Å². The van der Waals surface area contributed by atoms with Gasteiger partial charge >= 0.3 is 0 Å². The van der Waals surface area contributed by atoms with Gasteiger partial charge in [-0.25, -0.2) is 4.39 Å². The lowest BCUT2D eigenvalue weighted by Crippen LogP contribution is -2.48. The van der Waals surface area contributed by atoms with E-state index in [0.29, 0.717) is 42.6 Å². The van der Waals surface area contributed by atoms with Crippen molar-refractivity contribution in [2.75, 3.05) is 34.0 Å². The molecule has 0 saturated carbocycles. The summed E-state index contributed by atoms with van der Waals surface area (Å²) >= 11 is 0. The van der Waals surface area contributed by atoms with Gasteiger partial charge in [-0.05, 0) is 73.9 Å². The van der Waals surface area contributed by atoms with Crippen molar-refractivity contribution in [2.24, 2.45) is 17.6 Å². The molecule has 0 radical (unpaired) electrons. The summed E-state index contributed by atoms with van der Waals surface area (Å²) in [4.78, 5) is 12.9. The predicted molar refractivity (Wildman–Crippen MR) is 148 cm³/mol. The van der Waals surface area contributed by atoms with Crippen molar-refractivity contribution < 1.29 is 28.5 Å². The van der Waals surface area contributed by atoms with Gasteiger partial charge in [-0.3, -0.25) is 4.79 Å². The molecule has 38 heavy (non-hydrogen) atoms. The number of hydrogen-bond donors (Lipinski definition) is 3. The molecule has 0 fully saturated rings. The van der Waals surface area contributed by atoms with E-state index in [1.807, 2.05) is 18.2 Å². The SMILES string of the molecule is COCCCOc1cc(C[C@@H](C[C@H](N)[C@@H](O)CNC(=O)C(C)(C)c2cccc(F)c2)C(C)C)ccc1OC. The lowest BCUT2D eigenvalue weighted by Gasteiger charge is -2.29. The third-order valence-corrected chi connectivity index (χ3v) is 7.07. The third kappa shape index (κ3) is 9.26. The number of nitrogens with two attached hydrogens (primary N) is 1. The summed E-state index contributed by atoms with van der Waals surface area (Å²) in [6.07, 6.45) is 1.20. The molecular formula is C30H45FN2O5. The number of methoxy groups -OCH3 is 2. The van der Waals surface area contributed by atoms with Crippen molar-refractivity contribution in [1.82, 2.24) is 5.32 Å². The van der Waals surface area contributed by atoms with Crippen LogP contribution in [0.4, 0.5) is 4.39 Å². The van der Waals surface area contributed by atoms with E-state index in [1.165, 1.54) is 12.1 Å². The van der Waals surface area contributed by atoms with Gasteiger partial charge in [0.15, 0.2) is 11.5 Å². The zero-order chi connectivity index (χ0) is 28.3. The molecule has 0 unspecified atom stereocenters. The first-order chi connectivity index (χ1) is 18.0. The van der Waals surface area contributed by atoms with Crippen LogP contribution in [0.3, 0.4) is 0 Å². The highest BCUT2D eigenvalue weighted by molar-refractivity contribution is 5.87. The fraction of sp³-hybridized carbons (Fsp3) is 0.567. The summed E-state index contributed by atoms with van der Waals surface area (Å²) in [6, 6.07) is 11.4. The molecule has 0 aliphatic rings. The number of ether oxygens (including phenoxy) is 3. The van der Waals surface area contributed by atoms with E-state index in [1.54, 1.807) is 40.2 Å². The number of nitrogens with one attached hydrogen (secondary N) is 1. The average Bonchev–Trinajstić information content (AvgIpc) is 2.89. The Bertz CT molecular complexity index is 1010. The number of carbonyl (C=O) groups is 1. The molecule has 4 N–H and O–H groups in total. The summed E-state index contributed by atoms with van der Waals surface area (Å²) in [5, 5.41) is 13.5. The normalized spacial score (nSPS) is 14.2. The number of aliphatic hydroxyl groups excluding tert-OH is 1. The van der Waals surface area contributed by atoms with Crippen LogP contribution in [0.15, 0.2) is 42.5 Å². The van der Waals surface area contributed by atoms with E-state index in [2.05, 4.69) is 19.2 Å². The fourth-order valence-electron chi connectivity index (χ4n) is 4.32. The predicted octanol–water partition coefficient (Wildman–Crippen LogP) is 4.24. The number of halogens is 1. The lowest BCUT2D eigenvalue weighted by molar-refractivity contribution is -0.126. The number of hydrogen-bond acceptors (Lipinski definition) is 6. The molecule has 0 heterocycles. The molecule has 0 aliphatic carbocycles. The molecule has 8 heteroatoms. The van der Waals surface area contributed by atoms with Crippen LogP contribution in [-0.4, -0.2) is 57.1 Å². The van der Waals surface area contributed by atoms with Crippen molar-refractivity contribution in [3.63, 3.8) is 0 Å². The minimum atomic E-state index is -0.954. The van der Waals surface area contributed by atoms with Crippen LogP contribution >= 0.6 is 0 Å². The zero-order valence-electron chi connectivity index (χ0n) is 23.6. The summed E-state index contributed by atoms with van der Waals surface area (Å²) in [7, 11) is 3.28. The molecule has 7 nitrogen and oxygen atoms in total. The minimum Gasteiger partial charge on any atom is -0.493 e. The van der Waals surface area contributed by atoms with Crippen LogP contribution in [0.1, 0.15) is 51.7 Å². The van der Waals surface area contributed by atoms with E-state index >= 15 is 0 Å². The summed E-state index contributed by atoms with van der Waals surface area (Å²) in [6.45, 7) is 8.90. The van der Waals surface area contributed by atoms with Gasteiger partial charge in [0.25, 0.3) is 0 Å². The van der Waals surface area contributed by atoms with Crippen LogP contribution in [0.2, 0.25) is 0 Å². The van der Waals surface area contributed by atoms with Gasteiger partial charge in [-0.2, -0.15) is 0 Å².